The number of benzene rings is 1. The zero-order chi connectivity index (χ0) is 10.4. The average Bonchev–Trinajstić information content (AvgIpc) is 2.84. The van der Waals surface area contributed by atoms with E-state index < -0.39 is 0 Å². The molecule has 0 aliphatic heterocycles. The highest BCUT2D eigenvalue weighted by atomic mass is 14.8. The second-order valence-electron chi connectivity index (χ2n) is 4.96. The Bertz CT molecular complexity index is 304. The van der Waals surface area contributed by atoms with Crippen LogP contribution in [0.4, 0.5) is 0 Å². The van der Waals surface area contributed by atoms with Gasteiger partial charge in [0.25, 0.3) is 0 Å². The fraction of sp³-hybridized carbons (Fsp3) is 0.500. The Hall–Kier alpha value is -0.860. The molecule has 2 nitrogen and oxygen atoms in total. The van der Waals surface area contributed by atoms with E-state index in [2.05, 4.69) is 24.3 Å². The van der Waals surface area contributed by atoms with Crippen LogP contribution in [0.5, 0.6) is 0 Å². The summed E-state index contributed by atoms with van der Waals surface area (Å²) in [5.41, 5.74) is 14.2. The molecule has 4 N–H and O–H groups in total. The standard InChI is InChI=1S/C12H18N2/c1-11(2,13)9-3-5-10(6-4-9)12(14)7-8-12/h3-6H,7-8,13-14H2,1-2H3. The van der Waals surface area contributed by atoms with Crippen LogP contribution in [0.15, 0.2) is 24.3 Å². The molecule has 0 bridgehead atoms. The van der Waals surface area contributed by atoms with Crippen molar-refractivity contribution in [2.24, 2.45) is 11.5 Å². The van der Waals surface area contributed by atoms with Crippen LogP contribution >= 0.6 is 0 Å². The van der Waals surface area contributed by atoms with E-state index in [0.29, 0.717) is 0 Å². The minimum absolute atomic E-state index is 0.0305. The zero-order valence-corrected chi connectivity index (χ0v) is 8.88. The fourth-order valence-electron chi connectivity index (χ4n) is 1.66. The summed E-state index contributed by atoms with van der Waals surface area (Å²) < 4.78 is 0. The third kappa shape index (κ3) is 1.68. The van der Waals surface area contributed by atoms with Crippen molar-refractivity contribution in [3.63, 3.8) is 0 Å². The molecular weight excluding hydrogens is 172 g/mol. The highest BCUT2D eigenvalue weighted by molar-refractivity contribution is 5.34. The molecule has 1 aromatic carbocycles. The molecule has 1 aromatic rings. The minimum atomic E-state index is -0.260. The SMILES string of the molecule is CC(C)(N)c1ccc(C2(N)CC2)cc1. The van der Waals surface area contributed by atoms with Gasteiger partial charge in [0.05, 0.1) is 0 Å². The summed E-state index contributed by atoms with van der Waals surface area (Å²) in [6, 6.07) is 8.39. The lowest BCUT2D eigenvalue weighted by Gasteiger charge is -2.20. The van der Waals surface area contributed by atoms with E-state index in [9.17, 15) is 0 Å². The Morgan fingerprint density at radius 3 is 2.00 bits per heavy atom. The van der Waals surface area contributed by atoms with Gasteiger partial charge in [0.2, 0.25) is 0 Å². The molecule has 76 valence electrons. The Labute approximate surface area is 85.3 Å². The van der Waals surface area contributed by atoms with Crippen LogP contribution in [0.25, 0.3) is 0 Å². The largest absolute Gasteiger partial charge is 0.322 e. The highest BCUT2D eigenvalue weighted by Crippen LogP contribution is 2.42. The highest BCUT2D eigenvalue weighted by Gasteiger charge is 2.39. The van der Waals surface area contributed by atoms with E-state index in [-0.39, 0.29) is 11.1 Å². The van der Waals surface area contributed by atoms with E-state index >= 15 is 0 Å². The number of hydrogen-bond donors (Lipinski definition) is 2. The molecular formula is C12H18N2. The first-order valence-electron chi connectivity index (χ1n) is 5.11. The monoisotopic (exact) mass is 190 g/mol. The molecule has 14 heavy (non-hydrogen) atoms. The van der Waals surface area contributed by atoms with Crippen LogP contribution in [-0.2, 0) is 11.1 Å². The summed E-state index contributed by atoms with van der Waals surface area (Å²) in [4.78, 5) is 0. The minimum Gasteiger partial charge on any atom is -0.322 e. The smallest absolute Gasteiger partial charge is 0.0411 e. The predicted octanol–water partition coefficient (Wildman–Crippen LogP) is 1.83. The zero-order valence-electron chi connectivity index (χ0n) is 8.88. The molecule has 0 spiro atoms. The van der Waals surface area contributed by atoms with Crippen LogP contribution in [0.1, 0.15) is 37.8 Å². The van der Waals surface area contributed by atoms with E-state index in [1.165, 1.54) is 5.56 Å². The normalized spacial score (nSPS) is 19.4. The van der Waals surface area contributed by atoms with Crippen molar-refractivity contribution in [1.82, 2.24) is 0 Å². The maximum Gasteiger partial charge on any atom is 0.0411 e. The van der Waals surface area contributed by atoms with Crippen molar-refractivity contribution >= 4 is 0 Å². The topological polar surface area (TPSA) is 52.0 Å². The van der Waals surface area contributed by atoms with Crippen LogP contribution in [-0.4, -0.2) is 0 Å². The number of rotatable bonds is 2. The second-order valence-corrected chi connectivity index (χ2v) is 4.96. The Balaban J connectivity index is 2.27. The molecule has 0 heterocycles. The third-order valence-electron chi connectivity index (χ3n) is 2.99. The van der Waals surface area contributed by atoms with Gasteiger partial charge < -0.3 is 11.5 Å². The van der Waals surface area contributed by atoms with E-state index in [1.807, 2.05) is 13.8 Å². The molecule has 0 amide bonds. The van der Waals surface area contributed by atoms with Crippen molar-refractivity contribution in [2.75, 3.05) is 0 Å². The molecule has 0 atom stereocenters. The summed E-state index contributed by atoms with van der Waals surface area (Å²) in [6.45, 7) is 4.02. The summed E-state index contributed by atoms with van der Waals surface area (Å²) >= 11 is 0. The van der Waals surface area contributed by atoms with Gasteiger partial charge >= 0.3 is 0 Å². The molecule has 2 rings (SSSR count). The molecule has 1 aliphatic carbocycles. The molecule has 2 heteroatoms. The van der Waals surface area contributed by atoms with E-state index in [1.54, 1.807) is 0 Å². The lowest BCUT2D eigenvalue weighted by Crippen LogP contribution is -2.28. The third-order valence-corrected chi connectivity index (χ3v) is 2.99. The quantitative estimate of drug-likeness (QED) is 0.747. The van der Waals surface area contributed by atoms with Crippen molar-refractivity contribution in [1.29, 1.82) is 0 Å². The molecule has 0 unspecified atom stereocenters. The molecule has 1 saturated carbocycles. The summed E-state index contributed by atoms with van der Waals surface area (Å²) in [6.07, 6.45) is 2.22. The van der Waals surface area contributed by atoms with E-state index in [4.69, 9.17) is 11.5 Å². The van der Waals surface area contributed by atoms with Crippen molar-refractivity contribution in [3.05, 3.63) is 35.4 Å². The van der Waals surface area contributed by atoms with Crippen LogP contribution < -0.4 is 11.5 Å². The lowest BCUT2D eigenvalue weighted by molar-refractivity contribution is 0.553. The van der Waals surface area contributed by atoms with Crippen molar-refractivity contribution in [3.8, 4) is 0 Å². The average molecular weight is 190 g/mol. The van der Waals surface area contributed by atoms with Gasteiger partial charge in [0.1, 0.15) is 0 Å². The molecule has 0 aromatic heterocycles. The van der Waals surface area contributed by atoms with Crippen molar-refractivity contribution < 1.29 is 0 Å². The maximum atomic E-state index is 6.10. The fourth-order valence-corrected chi connectivity index (χ4v) is 1.66. The van der Waals surface area contributed by atoms with Gasteiger partial charge in [-0.1, -0.05) is 24.3 Å². The molecule has 0 saturated heterocycles. The summed E-state index contributed by atoms with van der Waals surface area (Å²) in [7, 11) is 0. The first-order valence-corrected chi connectivity index (χ1v) is 5.11. The summed E-state index contributed by atoms with van der Waals surface area (Å²) in [5, 5.41) is 0. The summed E-state index contributed by atoms with van der Waals surface area (Å²) in [5.74, 6) is 0. The van der Waals surface area contributed by atoms with Crippen LogP contribution in [0.2, 0.25) is 0 Å². The second kappa shape index (κ2) is 2.81. The molecule has 0 radical (unpaired) electrons. The van der Waals surface area contributed by atoms with Gasteiger partial charge in [0.15, 0.2) is 0 Å². The predicted molar refractivity (Wildman–Crippen MR) is 58.8 cm³/mol. The maximum absolute atomic E-state index is 6.10. The lowest BCUT2D eigenvalue weighted by atomic mass is 9.93. The Morgan fingerprint density at radius 1 is 1.14 bits per heavy atom. The van der Waals surface area contributed by atoms with Gasteiger partial charge in [-0.2, -0.15) is 0 Å². The van der Waals surface area contributed by atoms with Gasteiger partial charge in [0, 0.05) is 11.1 Å². The molecule has 1 fully saturated rings. The van der Waals surface area contributed by atoms with Crippen molar-refractivity contribution in [2.45, 2.75) is 37.8 Å². The first kappa shape index (κ1) is 9.69. The number of hydrogen-bond acceptors (Lipinski definition) is 2. The van der Waals surface area contributed by atoms with Gasteiger partial charge in [-0.15, -0.1) is 0 Å². The van der Waals surface area contributed by atoms with Crippen LogP contribution in [0, 0.1) is 0 Å². The van der Waals surface area contributed by atoms with Crippen LogP contribution in [0.3, 0.4) is 0 Å². The van der Waals surface area contributed by atoms with E-state index in [0.717, 1.165) is 18.4 Å². The van der Waals surface area contributed by atoms with Gasteiger partial charge in [-0.25, -0.2) is 0 Å². The van der Waals surface area contributed by atoms with Gasteiger partial charge in [-0.3, -0.25) is 0 Å². The Morgan fingerprint density at radius 2 is 1.64 bits per heavy atom. The Kier molecular flexibility index (Phi) is 1.95. The first-order chi connectivity index (χ1) is 6.42. The molecule has 1 aliphatic rings. The number of nitrogens with two attached hydrogens (primary N) is 2. The van der Waals surface area contributed by atoms with Gasteiger partial charge in [-0.05, 0) is 37.8 Å².